The number of hydrogen-bond donors (Lipinski definition) is 1. The van der Waals surface area contributed by atoms with Gasteiger partial charge in [-0.2, -0.15) is 0 Å². The number of nitrogens with one attached hydrogen (secondary N) is 1. The van der Waals surface area contributed by atoms with Gasteiger partial charge in [-0.25, -0.2) is 0 Å². The van der Waals surface area contributed by atoms with Crippen molar-refractivity contribution in [1.82, 2.24) is 5.32 Å². The van der Waals surface area contributed by atoms with Gasteiger partial charge in [0.2, 0.25) is 5.91 Å². The molecule has 0 saturated heterocycles. The zero-order chi connectivity index (χ0) is 12.3. The first kappa shape index (κ1) is 12.9. The van der Waals surface area contributed by atoms with Gasteiger partial charge in [0, 0.05) is 15.9 Å². The fourth-order valence-electron chi connectivity index (χ4n) is 2.15. The van der Waals surface area contributed by atoms with Gasteiger partial charge in [0.15, 0.2) is 0 Å². The average molecular weight is 317 g/mol. The fraction of sp³-hybridized carbons (Fsp3) is 0.462. The first-order valence-electron chi connectivity index (χ1n) is 5.83. The molecule has 1 amide bonds. The van der Waals surface area contributed by atoms with Crippen LogP contribution in [0.1, 0.15) is 24.8 Å². The summed E-state index contributed by atoms with van der Waals surface area (Å²) in [5.74, 6) is 0.0504. The lowest BCUT2D eigenvalue weighted by molar-refractivity contribution is -0.121. The third-order valence-electron chi connectivity index (χ3n) is 3.09. The van der Waals surface area contributed by atoms with Crippen LogP contribution < -0.4 is 5.32 Å². The van der Waals surface area contributed by atoms with Crippen molar-refractivity contribution in [1.29, 1.82) is 0 Å². The quantitative estimate of drug-likeness (QED) is 0.852. The molecule has 2 rings (SSSR count). The number of amides is 1. The summed E-state index contributed by atoms with van der Waals surface area (Å²) >= 11 is 9.62. The number of carbonyl (C=O) groups excluding carboxylic acids is 1. The Labute approximate surface area is 115 Å². The minimum absolute atomic E-state index is 0.0504. The Morgan fingerprint density at radius 3 is 2.82 bits per heavy atom. The number of benzene rings is 1. The van der Waals surface area contributed by atoms with Crippen molar-refractivity contribution in [2.24, 2.45) is 0 Å². The summed E-state index contributed by atoms with van der Waals surface area (Å²) in [6.45, 7) is 0. The number of carbonyl (C=O) groups is 1. The molecular formula is C13H15BrClNO. The zero-order valence-electron chi connectivity index (χ0n) is 9.46. The van der Waals surface area contributed by atoms with Crippen LogP contribution >= 0.6 is 27.5 Å². The molecule has 1 aliphatic carbocycles. The Bertz CT molecular complexity index is 410. The summed E-state index contributed by atoms with van der Waals surface area (Å²) in [4.78, 5) is 12.3. The van der Waals surface area contributed by atoms with Crippen molar-refractivity contribution in [3.8, 4) is 0 Å². The summed E-state index contributed by atoms with van der Waals surface area (Å²) < 4.78 is 0. The fourth-order valence-corrected chi connectivity index (χ4v) is 3.07. The molecule has 2 nitrogen and oxygen atoms in total. The lowest BCUT2D eigenvalue weighted by atomic mass is 10.1. The van der Waals surface area contributed by atoms with E-state index in [1.54, 1.807) is 0 Å². The molecule has 0 aliphatic heterocycles. The highest BCUT2D eigenvalue weighted by Gasteiger charge is 2.26. The number of rotatable bonds is 3. The standard InChI is InChI=1S/C13H15BrClNO/c14-10-5-3-7-12(10)16-13(17)8-9-4-1-2-6-11(9)15/h1-2,4,6,10,12H,3,5,7-8H2,(H,16,17). The third-order valence-corrected chi connectivity index (χ3v) is 4.55. The van der Waals surface area contributed by atoms with E-state index in [1.807, 2.05) is 24.3 Å². The highest BCUT2D eigenvalue weighted by molar-refractivity contribution is 9.09. The summed E-state index contributed by atoms with van der Waals surface area (Å²) in [6.07, 6.45) is 3.73. The Morgan fingerprint density at radius 2 is 2.18 bits per heavy atom. The molecule has 1 aromatic rings. The molecule has 1 aliphatic rings. The second-order valence-electron chi connectivity index (χ2n) is 4.39. The maximum Gasteiger partial charge on any atom is 0.224 e. The van der Waals surface area contributed by atoms with Crippen molar-refractivity contribution in [3.63, 3.8) is 0 Å². The van der Waals surface area contributed by atoms with Crippen LogP contribution in [0.2, 0.25) is 5.02 Å². The van der Waals surface area contributed by atoms with Crippen LogP contribution in [0.25, 0.3) is 0 Å². The van der Waals surface area contributed by atoms with E-state index in [0.29, 0.717) is 16.3 Å². The topological polar surface area (TPSA) is 29.1 Å². The molecule has 0 heterocycles. The summed E-state index contributed by atoms with van der Waals surface area (Å²) in [6, 6.07) is 7.74. The molecule has 0 radical (unpaired) electrons. The minimum Gasteiger partial charge on any atom is -0.352 e. The highest BCUT2D eigenvalue weighted by Crippen LogP contribution is 2.25. The molecule has 1 fully saturated rings. The van der Waals surface area contributed by atoms with E-state index in [2.05, 4.69) is 21.2 Å². The van der Waals surface area contributed by atoms with Crippen LogP contribution in [0.4, 0.5) is 0 Å². The Morgan fingerprint density at radius 1 is 1.41 bits per heavy atom. The van der Waals surface area contributed by atoms with Crippen molar-refractivity contribution in [2.45, 2.75) is 36.6 Å². The van der Waals surface area contributed by atoms with Gasteiger partial charge in [-0.15, -0.1) is 0 Å². The van der Waals surface area contributed by atoms with Crippen LogP contribution in [0.15, 0.2) is 24.3 Å². The molecule has 2 unspecified atom stereocenters. The number of alkyl halides is 1. The van der Waals surface area contributed by atoms with Crippen molar-refractivity contribution >= 4 is 33.4 Å². The van der Waals surface area contributed by atoms with E-state index in [4.69, 9.17) is 11.6 Å². The minimum atomic E-state index is 0.0504. The Hall–Kier alpha value is -0.540. The van der Waals surface area contributed by atoms with Gasteiger partial charge in [0.1, 0.15) is 0 Å². The molecule has 1 saturated carbocycles. The molecule has 1 aromatic carbocycles. The van der Waals surface area contributed by atoms with Gasteiger partial charge in [-0.3, -0.25) is 4.79 Å². The Balaban J connectivity index is 1.91. The second kappa shape index (κ2) is 5.87. The summed E-state index contributed by atoms with van der Waals surface area (Å²) in [5.41, 5.74) is 0.885. The average Bonchev–Trinajstić information content (AvgIpc) is 2.68. The molecule has 1 N–H and O–H groups in total. The van der Waals surface area contributed by atoms with Crippen molar-refractivity contribution < 1.29 is 4.79 Å². The van der Waals surface area contributed by atoms with Gasteiger partial charge in [0.05, 0.1) is 6.42 Å². The molecule has 0 bridgehead atoms. The van der Waals surface area contributed by atoms with Crippen LogP contribution in [-0.2, 0) is 11.2 Å². The third kappa shape index (κ3) is 3.46. The predicted octanol–water partition coefficient (Wildman–Crippen LogP) is 3.31. The molecule has 0 aromatic heterocycles. The van der Waals surface area contributed by atoms with E-state index in [9.17, 15) is 4.79 Å². The monoisotopic (exact) mass is 315 g/mol. The maximum atomic E-state index is 11.9. The van der Waals surface area contributed by atoms with E-state index < -0.39 is 0 Å². The van der Waals surface area contributed by atoms with Crippen molar-refractivity contribution in [3.05, 3.63) is 34.9 Å². The summed E-state index contributed by atoms with van der Waals surface area (Å²) in [7, 11) is 0. The summed E-state index contributed by atoms with van der Waals surface area (Å²) in [5, 5.41) is 3.72. The molecule has 4 heteroatoms. The van der Waals surface area contributed by atoms with E-state index in [-0.39, 0.29) is 11.9 Å². The largest absolute Gasteiger partial charge is 0.352 e. The van der Waals surface area contributed by atoms with E-state index >= 15 is 0 Å². The zero-order valence-corrected chi connectivity index (χ0v) is 11.8. The smallest absolute Gasteiger partial charge is 0.224 e. The van der Waals surface area contributed by atoms with Crippen LogP contribution in [-0.4, -0.2) is 16.8 Å². The van der Waals surface area contributed by atoms with Gasteiger partial charge >= 0.3 is 0 Å². The first-order chi connectivity index (χ1) is 8.16. The molecular weight excluding hydrogens is 302 g/mol. The predicted molar refractivity (Wildman–Crippen MR) is 73.7 cm³/mol. The lowest BCUT2D eigenvalue weighted by Crippen LogP contribution is -2.38. The molecule has 17 heavy (non-hydrogen) atoms. The lowest BCUT2D eigenvalue weighted by Gasteiger charge is -2.16. The van der Waals surface area contributed by atoms with Gasteiger partial charge < -0.3 is 5.32 Å². The molecule has 2 atom stereocenters. The van der Waals surface area contributed by atoms with Gasteiger partial charge in [-0.05, 0) is 24.5 Å². The number of hydrogen-bond acceptors (Lipinski definition) is 1. The highest BCUT2D eigenvalue weighted by atomic mass is 79.9. The molecule has 0 spiro atoms. The first-order valence-corrected chi connectivity index (χ1v) is 7.13. The van der Waals surface area contributed by atoms with Crippen molar-refractivity contribution in [2.75, 3.05) is 0 Å². The van der Waals surface area contributed by atoms with Crippen LogP contribution in [0.5, 0.6) is 0 Å². The maximum absolute atomic E-state index is 11.9. The van der Waals surface area contributed by atoms with Crippen LogP contribution in [0, 0.1) is 0 Å². The van der Waals surface area contributed by atoms with Crippen LogP contribution in [0.3, 0.4) is 0 Å². The van der Waals surface area contributed by atoms with E-state index in [0.717, 1.165) is 18.4 Å². The SMILES string of the molecule is O=C(Cc1ccccc1Cl)NC1CCCC1Br. The Kier molecular flexibility index (Phi) is 4.46. The normalized spacial score (nSPS) is 23.6. The second-order valence-corrected chi connectivity index (χ2v) is 5.97. The van der Waals surface area contributed by atoms with Gasteiger partial charge in [-0.1, -0.05) is 52.2 Å². The number of halogens is 2. The molecule has 92 valence electrons. The van der Waals surface area contributed by atoms with Gasteiger partial charge in [0.25, 0.3) is 0 Å². The van der Waals surface area contributed by atoms with E-state index in [1.165, 1.54) is 6.42 Å².